The number of benzene rings is 1. The van der Waals surface area contributed by atoms with Crippen LogP contribution in [0.15, 0.2) is 42.0 Å². The van der Waals surface area contributed by atoms with E-state index in [2.05, 4.69) is 84.0 Å². The average Bonchev–Trinajstić information content (AvgIpc) is 2.99. The van der Waals surface area contributed by atoms with Gasteiger partial charge in [0.05, 0.1) is 5.60 Å². The summed E-state index contributed by atoms with van der Waals surface area (Å²) < 4.78 is 6.98. The molecule has 1 saturated heterocycles. The summed E-state index contributed by atoms with van der Waals surface area (Å²) in [7, 11) is 0. The van der Waals surface area contributed by atoms with Gasteiger partial charge in [-0.2, -0.15) is 0 Å². The number of rotatable bonds is 0. The molecule has 0 aromatic heterocycles. The van der Waals surface area contributed by atoms with E-state index in [1.54, 1.807) is 0 Å². The second-order valence-electron chi connectivity index (χ2n) is 9.52. The standard InChI is InChI=1S/C22H28O/c1-19(2,3)21-11-12-22(23-21,20(4,5)6)18-14-16-10-8-7-9-15(16)13-17(18)21/h7-13,18H,14H2,1-6H3/t18-,21+,22-/m1/s1. The maximum absolute atomic E-state index is 6.98. The van der Waals surface area contributed by atoms with Crippen molar-refractivity contribution in [1.82, 2.24) is 0 Å². The molecule has 1 aromatic rings. The van der Waals surface area contributed by atoms with Crippen molar-refractivity contribution in [2.75, 3.05) is 0 Å². The van der Waals surface area contributed by atoms with Crippen LogP contribution in [0, 0.1) is 16.7 Å². The predicted molar refractivity (Wildman–Crippen MR) is 96.2 cm³/mol. The highest BCUT2D eigenvalue weighted by Gasteiger charge is 2.68. The molecule has 0 saturated carbocycles. The molecule has 0 unspecified atom stereocenters. The Morgan fingerprint density at radius 2 is 1.65 bits per heavy atom. The summed E-state index contributed by atoms with van der Waals surface area (Å²) in [5.74, 6) is 0.446. The fourth-order valence-corrected chi connectivity index (χ4v) is 4.89. The van der Waals surface area contributed by atoms with E-state index < -0.39 is 0 Å². The smallest absolute Gasteiger partial charge is 0.114 e. The van der Waals surface area contributed by atoms with Gasteiger partial charge in [0.15, 0.2) is 0 Å². The molecule has 3 aliphatic rings. The first-order valence-corrected chi connectivity index (χ1v) is 8.81. The van der Waals surface area contributed by atoms with E-state index >= 15 is 0 Å². The Hall–Kier alpha value is -1.34. The molecule has 4 rings (SSSR count). The van der Waals surface area contributed by atoms with Gasteiger partial charge in [0.2, 0.25) is 0 Å². The van der Waals surface area contributed by atoms with Crippen LogP contribution in [-0.2, 0) is 11.2 Å². The molecular weight excluding hydrogens is 280 g/mol. The second-order valence-corrected chi connectivity index (χ2v) is 9.52. The van der Waals surface area contributed by atoms with Crippen LogP contribution < -0.4 is 0 Å². The van der Waals surface area contributed by atoms with Crippen molar-refractivity contribution in [3.8, 4) is 0 Å². The van der Waals surface area contributed by atoms with Gasteiger partial charge < -0.3 is 4.74 Å². The summed E-state index contributed by atoms with van der Waals surface area (Å²) in [4.78, 5) is 0. The normalized spacial score (nSPS) is 35.0. The van der Waals surface area contributed by atoms with Gasteiger partial charge in [0.25, 0.3) is 0 Å². The second kappa shape index (κ2) is 4.19. The SMILES string of the molecule is CC(C)(C)[C@@]12C=C[C@@](C(C)(C)C)(O1)[C@@H]1Cc3ccccc3C=C12. The van der Waals surface area contributed by atoms with E-state index in [4.69, 9.17) is 4.74 Å². The van der Waals surface area contributed by atoms with Crippen LogP contribution in [0.3, 0.4) is 0 Å². The monoisotopic (exact) mass is 308 g/mol. The first-order valence-electron chi connectivity index (χ1n) is 8.81. The number of ether oxygens (including phenoxy) is 1. The fourth-order valence-electron chi connectivity index (χ4n) is 4.89. The molecule has 3 atom stereocenters. The number of hydrogen-bond donors (Lipinski definition) is 0. The summed E-state index contributed by atoms with van der Waals surface area (Å²) in [6.45, 7) is 13.9. The first kappa shape index (κ1) is 15.2. The quantitative estimate of drug-likeness (QED) is 0.582. The maximum atomic E-state index is 6.98. The van der Waals surface area contributed by atoms with Gasteiger partial charge in [-0.3, -0.25) is 0 Å². The van der Waals surface area contributed by atoms with E-state index in [1.807, 2.05) is 0 Å². The third-order valence-electron chi connectivity index (χ3n) is 6.29. The van der Waals surface area contributed by atoms with E-state index in [0.29, 0.717) is 5.92 Å². The van der Waals surface area contributed by atoms with Crippen molar-refractivity contribution in [2.45, 2.75) is 59.2 Å². The van der Waals surface area contributed by atoms with Gasteiger partial charge in [-0.15, -0.1) is 0 Å². The lowest BCUT2D eigenvalue weighted by molar-refractivity contribution is -0.131. The van der Waals surface area contributed by atoms with Gasteiger partial charge in [-0.05, 0) is 40.0 Å². The van der Waals surface area contributed by atoms with Crippen molar-refractivity contribution in [3.05, 3.63) is 53.1 Å². The summed E-state index contributed by atoms with van der Waals surface area (Å²) in [6.07, 6.45) is 8.25. The summed E-state index contributed by atoms with van der Waals surface area (Å²) in [5.41, 5.74) is 3.97. The Morgan fingerprint density at radius 3 is 2.30 bits per heavy atom. The minimum absolute atomic E-state index is 0.0450. The topological polar surface area (TPSA) is 9.23 Å². The van der Waals surface area contributed by atoms with Crippen LogP contribution >= 0.6 is 0 Å². The molecule has 1 heteroatoms. The Kier molecular flexibility index (Phi) is 2.77. The van der Waals surface area contributed by atoms with Gasteiger partial charge in [-0.1, -0.05) is 78.0 Å². The minimum Gasteiger partial charge on any atom is -0.354 e. The molecule has 2 aliphatic heterocycles. The zero-order valence-corrected chi connectivity index (χ0v) is 15.2. The predicted octanol–water partition coefficient (Wildman–Crippen LogP) is 5.41. The summed E-state index contributed by atoms with van der Waals surface area (Å²) >= 11 is 0. The fraction of sp³-hybridized carbons (Fsp3) is 0.545. The molecule has 0 amide bonds. The molecule has 2 bridgehead atoms. The molecule has 1 aromatic carbocycles. The first-order chi connectivity index (χ1) is 10.6. The van der Waals surface area contributed by atoms with E-state index in [-0.39, 0.29) is 22.0 Å². The molecule has 2 heterocycles. The molecule has 1 nitrogen and oxygen atoms in total. The Morgan fingerprint density at radius 1 is 0.957 bits per heavy atom. The third-order valence-corrected chi connectivity index (χ3v) is 6.29. The molecule has 0 N–H and O–H groups in total. The van der Waals surface area contributed by atoms with E-state index in [0.717, 1.165) is 6.42 Å². The molecule has 23 heavy (non-hydrogen) atoms. The van der Waals surface area contributed by atoms with Crippen molar-refractivity contribution < 1.29 is 4.74 Å². The molecule has 0 radical (unpaired) electrons. The molecular formula is C22H28O. The highest BCUT2D eigenvalue weighted by molar-refractivity contribution is 5.67. The van der Waals surface area contributed by atoms with Gasteiger partial charge in [0, 0.05) is 5.92 Å². The zero-order chi connectivity index (χ0) is 16.7. The summed E-state index contributed by atoms with van der Waals surface area (Å²) in [5, 5.41) is 0. The largest absolute Gasteiger partial charge is 0.354 e. The Labute approximate surface area is 140 Å². The highest BCUT2D eigenvalue weighted by atomic mass is 16.5. The van der Waals surface area contributed by atoms with Crippen LogP contribution in [0.25, 0.3) is 6.08 Å². The van der Waals surface area contributed by atoms with Crippen molar-refractivity contribution in [1.29, 1.82) is 0 Å². The lowest BCUT2D eigenvalue weighted by Gasteiger charge is -2.43. The Balaban J connectivity index is 1.97. The minimum atomic E-state index is -0.265. The molecule has 1 fully saturated rings. The van der Waals surface area contributed by atoms with Crippen LogP contribution in [0.5, 0.6) is 0 Å². The van der Waals surface area contributed by atoms with Crippen molar-refractivity contribution in [3.63, 3.8) is 0 Å². The van der Waals surface area contributed by atoms with Crippen molar-refractivity contribution >= 4 is 6.08 Å². The van der Waals surface area contributed by atoms with Crippen LogP contribution in [0.4, 0.5) is 0 Å². The number of fused-ring (bicyclic) bond motifs is 6. The average molecular weight is 308 g/mol. The van der Waals surface area contributed by atoms with Crippen LogP contribution in [0.1, 0.15) is 52.7 Å². The third kappa shape index (κ3) is 1.72. The van der Waals surface area contributed by atoms with Crippen LogP contribution in [0.2, 0.25) is 0 Å². The summed E-state index contributed by atoms with van der Waals surface area (Å²) in [6, 6.07) is 8.82. The Bertz CT molecular complexity index is 725. The van der Waals surface area contributed by atoms with Gasteiger partial charge in [-0.25, -0.2) is 0 Å². The zero-order valence-electron chi connectivity index (χ0n) is 15.2. The maximum Gasteiger partial charge on any atom is 0.114 e. The van der Waals surface area contributed by atoms with E-state index in [9.17, 15) is 0 Å². The highest BCUT2D eigenvalue weighted by Crippen LogP contribution is 2.66. The van der Waals surface area contributed by atoms with Gasteiger partial charge in [0.1, 0.15) is 5.60 Å². The molecule has 1 aliphatic carbocycles. The lowest BCUT2D eigenvalue weighted by Crippen LogP contribution is -2.46. The van der Waals surface area contributed by atoms with Crippen LogP contribution in [-0.4, -0.2) is 11.2 Å². The molecule has 122 valence electrons. The molecule has 0 spiro atoms. The van der Waals surface area contributed by atoms with Crippen molar-refractivity contribution in [2.24, 2.45) is 16.7 Å². The van der Waals surface area contributed by atoms with Gasteiger partial charge >= 0.3 is 0 Å². The number of hydrogen-bond acceptors (Lipinski definition) is 1. The lowest BCUT2D eigenvalue weighted by atomic mass is 9.58. The van der Waals surface area contributed by atoms with E-state index in [1.165, 1.54) is 16.7 Å².